The number of rotatable bonds is 1. The molecule has 1 atom stereocenters. The monoisotopic (exact) mass is 286 g/mol. The lowest BCUT2D eigenvalue weighted by molar-refractivity contribution is 0.256. The molecule has 0 bridgehead atoms. The highest BCUT2D eigenvalue weighted by atomic mass is 16.5. The minimum atomic E-state index is 0.139. The topological polar surface area (TPSA) is 9.23 Å². The first-order chi connectivity index (χ1) is 10.9. The molecule has 3 aliphatic rings. The van der Waals surface area contributed by atoms with Gasteiger partial charge >= 0.3 is 0 Å². The van der Waals surface area contributed by atoms with Crippen molar-refractivity contribution in [2.75, 3.05) is 6.61 Å². The normalized spacial score (nSPS) is 24.4. The molecule has 0 saturated carbocycles. The van der Waals surface area contributed by atoms with Gasteiger partial charge in [-0.05, 0) is 53.2 Å². The summed E-state index contributed by atoms with van der Waals surface area (Å²) in [5, 5.41) is 0. The third-order valence-corrected chi connectivity index (χ3v) is 5.36. The average molecular weight is 286 g/mol. The van der Waals surface area contributed by atoms with Crippen molar-refractivity contribution in [2.45, 2.75) is 19.3 Å². The van der Waals surface area contributed by atoms with Gasteiger partial charge in [-0.3, -0.25) is 0 Å². The second-order valence-electron chi connectivity index (χ2n) is 6.51. The summed E-state index contributed by atoms with van der Waals surface area (Å²) in [5.41, 5.74) is 7.00. The first-order valence-electron chi connectivity index (χ1n) is 8.13. The number of benzene rings is 2. The molecule has 0 spiro atoms. The zero-order chi connectivity index (χ0) is 14.6. The zero-order valence-corrected chi connectivity index (χ0v) is 12.5. The summed E-state index contributed by atoms with van der Waals surface area (Å²) >= 11 is 0. The molecule has 108 valence electrons. The van der Waals surface area contributed by atoms with Crippen LogP contribution < -0.4 is 0 Å². The van der Waals surface area contributed by atoms with Gasteiger partial charge < -0.3 is 4.74 Å². The van der Waals surface area contributed by atoms with Crippen LogP contribution in [0.3, 0.4) is 0 Å². The molecule has 1 nitrogen and oxygen atoms in total. The zero-order valence-electron chi connectivity index (χ0n) is 12.5. The van der Waals surface area contributed by atoms with Crippen LogP contribution in [0.2, 0.25) is 0 Å². The van der Waals surface area contributed by atoms with E-state index in [1.807, 2.05) is 0 Å². The smallest absolute Gasteiger partial charge is 0.102 e. The number of hydrogen-bond acceptors (Lipinski definition) is 1. The van der Waals surface area contributed by atoms with Crippen LogP contribution in [0.15, 0.2) is 66.4 Å². The standard InChI is InChI=1S/C21H18O/c1-3-8-17-15(6-1)16-7-2-4-9-18(16)19(17)14-21-11-5-10-20(21)22-13-12-21/h1-4,6-10,14H,5,11-13H2/t21-/m0/s1. The van der Waals surface area contributed by atoms with Crippen LogP contribution >= 0.6 is 0 Å². The molecular weight excluding hydrogens is 268 g/mol. The molecule has 22 heavy (non-hydrogen) atoms. The van der Waals surface area contributed by atoms with Gasteiger partial charge in [-0.25, -0.2) is 0 Å². The molecule has 0 amide bonds. The van der Waals surface area contributed by atoms with E-state index in [0.717, 1.165) is 19.4 Å². The molecule has 2 aliphatic carbocycles. The van der Waals surface area contributed by atoms with Crippen LogP contribution in [0, 0.1) is 5.41 Å². The van der Waals surface area contributed by atoms with E-state index in [0.29, 0.717) is 0 Å². The van der Waals surface area contributed by atoms with Crippen molar-refractivity contribution in [3.8, 4) is 11.1 Å². The predicted molar refractivity (Wildman–Crippen MR) is 89.3 cm³/mol. The van der Waals surface area contributed by atoms with Crippen LogP contribution in [0.25, 0.3) is 16.7 Å². The molecule has 1 saturated heterocycles. The van der Waals surface area contributed by atoms with Gasteiger partial charge in [0.05, 0.1) is 6.61 Å². The fraction of sp³-hybridized carbons (Fsp3) is 0.238. The van der Waals surface area contributed by atoms with E-state index in [1.165, 1.54) is 40.0 Å². The number of hydrogen-bond donors (Lipinski definition) is 0. The average Bonchev–Trinajstić information content (AvgIpc) is 3.20. The van der Waals surface area contributed by atoms with E-state index in [1.54, 1.807) is 0 Å². The summed E-state index contributed by atoms with van der Waals surface area (Å²) in [4.78, 5) is 0. The predicted octanol–water partition coefficient (Wildman–Crippen LogP) is 5.18. The summed E-state index contributed by atoms with van der Waals surface area (Å²) in [6, 6.07) is 17.6. The van der Waals surface area contributed by atoms with Gasteiger partial charge in [0.2, 0.25) is 0 Å². The van der Waals surface area contributed by atoms with Crippen molar-refractivity contribution in [3.05, 3.63) is 77.6 Å². The molecule has 0 N–H and O–H groups in total. The van der Waals surface area contributed by atoms with Gasteiger partial charge in [0.1, 0.15) is 5.76 Å². The van der Waals surface area contributed by atoms with Crippen molar-refractivity contribution >= 4 is 5.57 Å². The molecular formula is C21H18O. The Morgan fingerprint density at radius 3 is 2.14 bits per heavy atom. The molecule has 0 aromatic heterocycles. The largest absolute Gasteiger partial charge is 0.497 e. The molecule has 2 aromatic rings. The van der Waals surface area contributed by atoms with Crippen LogP contribution in [-0.4, -0.2) is 6.61 Å². The van der Waals surface area contributed by atoms with E-state index in [2.05, 4.69) is 60.7 Å². The van der Waals surface area contributed by atoms with Gasteiger partial charge in [-0.15, -0.1) is 0 Å². The van der Waals surface area contributed by atoms with Crippen LogP contribution in [0.5, 0.6) is 0 Å². The van der Waals surface area contributed by atoms with Crippen LogP contribution in [0.4, 0.5) is 0 Å². The Bertz CT molecular complexity index is 780. The maximum atomic E-state index is 5.88. The van der Waals surface area contributed by atoms with E-state index < -0.39 is 0 Å². The summed E-state index contributed by atoms with van der Waals surface area (Å²) in [7, 11) is 0. The minimum absolute atomic E-state index is 0.139. The quantitative estimate of drug-likeness (QED) is 0.598. The lowest BCUT2D eigenvalue weighted by Gasteiger charge is -2.21. The molecule has 1 heteroatoms. The van der Waals surface area contributed by atoms with Gasteiger partial charge in [0.15, 0.2) is 0 Å². The lowest BCUT2D eigenvalue weighted by Crippen LogP contribution is -2.12. The first kappa shape index (κ1) is 12.3. The fourth-order valence-electron chi connectivity index (χ4n) is 4.28. The van der Waals surface area contributed by atoms with Gasteiger partial charge in [0, 0.05) is 5.41 Å². The van der Waals surface area contributed by atoms with Crippen molar-refractivity contribution < 1.29 is 4.74 Å². The molecule has 1 heterocycles. The molecule has 5 rings (SSSR count). The highest BCUT2D eigenvalue weighted by molar-refractivity contribution is 6.01. The number of ether oxygens (including phenoxy) is 1. The highest BCUT2D eigenvalue weighted by Crippen LogP contribution is 2.53. The van der Waals surface area contributed by atoms with Gasteiger partial charge in [0.25, 0.3) is 0 Å². The first-order valence-corrected chi connectivity index (χ1v) is 8.13. The van der Waals surface area contributed by atoms with E-state index in [4.69, 9.17) is 4.74 Å². The summed E-state index contributed by atoms with van der Waals surface area (Å²) in [5.74, 6) is 1.21. The minimum Gasteiger partial charge on any atom is -0.497 e. The van der Waals surface area contributed by atoms with Crippen molar-refractivity contribution in [1.29, 1.82) is 0 Å². The van der Waals surface area contributed by atoms with E-state index >= 15 is 0 Å². The molecule has 0 radical (unpaired) electrons. The maximum absolute atomic E-state index is 5.88. The molecule has 0 unspecified atom stereocenters. The van der Waals surface area contributed by atoms with Crippen molar-refractivity contribution in [1.82, 2.24) is 0 Å². The van der Waals surface area contributed by atoms with Crippen LogP contribution in [-0.2, 0) is 4.74 Å². The SMILES string of the molecule is C(=C1c2ccccc2-c2ccccc21)[C@@]12CCC=C1OCC2. The Kier molecular flexibility index (Phi) is 2.43. The van der Waals surface area contributed by atoms with E-state index in [9.17, 15) is 0 Å². The Morgan fingerprint density at radius 1 is 0.818 bits per heavy atom. The lowest BCUT2D eigenvalue weighted by atomic mass is 9.81. The Hall–Kier alpha value is -2.28. The van der Waals surface area contributed by atoms with Crippen LogP contribution in [0.1, 0.15) is 30.4 Å². The maximum Gasteiger partial charge on any atom is 0.102 e. The third-order valence-electron chi connectivity index (χ3n) is 5.36. The Morgan fingerprint density at radius 2 is 1.45 bits per heavy atom. The summed E-state index contributed by atoms with van der Waals surface area (Å²) in [6.07, 6.45) is 8.24. The fourth-order valence-corrected chi connectivity index (χ4v) is 4.28. The van der Waals surface area contributed by atoms with Crippen molar-refractivity contribution in [3.63, 3.8) is 0 Å². The Labute approximate surface area is 130 Å². The second-order valence-corrected chi connectivity index (χ2v) is 6.51. The molecule has 1 aliphatic heterocycles. The molecule has 2 aromatic carbocycles. The Balaban J connectivity index is 1.75. The molecule has 1 fully saturated rings. The number of fused-ring (bicyclic) bond motifs is 4. The van der Waals surface area contributed by atoms with Gasteiger partial charge in [-0.1, -0.05) is 54.6 Å². The van der Waals surface area contributed by atoms with Gasteiger partial charge in [-0.2, -0.15) is 0 Å². The van der Waals surface area contributed by atoms with Crippen molar-refractivity contribution in [2.24, 2.45) is 5.41 Å². The summed E-state index contributed by atoms with van der Waals surface area (Å²) < 4.78 is 5.88. The summed E-state index contributed by atoms with van der Waals surface area (Å²) in [6.45, 7) is 0.860. The number of allylic oxidation sites excluding steroid dienone is 2. The third kappa shape index (κ3) is 1.54. The highest BCUT2D eigenvalue weighted by Gasteiger charge is 2.42. The second kappa shape index (κ2) is 4.36. The van der Waals surface area contributed by atoms with E-state index in [-0.39, 0.29) is 5.41 Å².